The molecule has 0 saturated heterocycles. The van der Waals surface area contributed by atoms with Gasteiger partial charge in [-0.05, 0) is 31.3 Å². The zero-order valence-corrected chi connectivity index (χ0v) is 16.5. The minimum absolute atomic E-state index is 0.114. The lowest BCUT2D eigenvalue weighted by Gasteiger charge is -2.22. The lowest BCUT2D eigenvalue weighted by Crippen LogP contribution is -2.55. The largest absolute Gasteiger partial charge is 0.480 e. The monoisotopic (exact) mass is 419 g/mol. The van der Waals surface area contributed by atoms with Crippen molar-refractivity contribution >= 4 is 41.4 Å². The molecule has 28 heavy (non-hydrogen) atoms. The van der Waals surface area contributed by atoms with Gasteiger partial charge in [-0.2, -0.15) is 11.8 Å². The van der Waals surface area contributed by atoms with Crippen molar-refractivity contribution in [3.8, 4) is 0 Å². The molecule has 0 unspecified atom stereocenters. The Morgan fingerprint density at radius 1 is 1.04 bits per heavy atom. The maximum Gasteiger partial charge on any atom is 0.326 e. The van der Waals surface area contributed by atoms with Gasteiger partial charge in [0.2, 0.25) is 17.7 Å². The van der Waals surface area contributed by atoms with Gasteiger partial charge in [0.05, 0.1) is 12.5 Å². The molecule has 0 aliphatic heterocycles. The van der Waals surface area contributed by atoms with Gasteiger partial charge in [-0.1, -0.05) is 0 Å². The maximum atomic E-state index is 12.5. The third-order valence-electron chi connectivity index (χ3n) is 3.56. The van der Waals surface area contributed by atoms with Crippen molar-refractivity contribution in [2.24, 2.45) is 27.9 Å². The van der Waals surface area contributed by atoms with Crippen LogP contribution in [0.15, 0.2) is 4.99 Å². The molecular formula is C15H29N7O5S. The number of nitrogens with two attached hydrogens (primary N) is 4. The minimum atomic E-state index is -1.22. The summed E-state index contributed by atoms with van der Waals surface area (Å²) in [5, 5.41) is 14.1. The summed E-state index contributed by atoms with van der Waals surface area (Å²) in [6.07, 6.45) is 2.11. The molecule has 0 aromatic rings. The van der Waals surface area contributed by atoms with Crippen molar-refractivity contribution in [2.75, 3.05) is 18.6 Å². The Morgan fingerprint density at radius 3 is 2.14 bits per heavy atom. The molecule has 3 amide bonds. The standard InChI is InChI=1S/C15H29N7O5S/c1-28-6-4-10(14(26)27)22-13(25)9(3-2-5-20-15(18)19)21-12(24)8(16)7-11(17)23/h8-10H,2-7,16H2,1H3,(H2,17,23)(H,21,24)(H,22,25)(H,26,27)(H4,18,19,20)/t8-,9-,10-/m0/s1. The number of carbonyl (C=O) groups is 4. The van der Waals surface area contributed by atoms with E-state index >= 15 is 0 Å². The highest BCUT2D eigenvalue weighted by molar-refractivity contribution is 7.98. The molecule has 0 aliphatic carbocycles. The summed E-state index contributed by atoms with van der Waals surface area (Å²) >= 11 is 1.44. The number of carboxylic acid groups (broad SMARTS) is 1. The smallest absolute Gasteiger partial charge is 0.326 e. The molecule has 0 aromatic carbocycles. The van der Waals surface area contributed by atoms with Crippen LogP contribution in [-0.2, 0) is 19.2 Å². The van der Waals surface area contributed by atoms with E-state index in [4.69, 9.17) is 22.9 Å². The van der Waals surface area contributed by atoms with Crippen LogP contribution < -0.4 is 33.6 Å². The molecule has 3 atom stereocenters. The molecule has 0 spiro atoms. The summed E-state index contributed by atoms with van der Waals surface area (Å²) in [5.41, 5.74) is 21.1. The molecule has 160 valence electrons. The maximum absolute atomic E-state index is 12.5. The van der Waals surface area contributed by atoms with Crippen LogP contribution in [0.1, 0.15) is 25.7 Å². The number of nitrogens with zero attached hydrogens (tertiary/aromatic N) is 1. The third kappa shape index (κ3) is 11.2. The molecule has 0 radical (unpaired) electrons. The number of primary amides is 1. The topological polar surface area (TPSA) is 229 Å². The number of carboxylic acids is 1. The van der Waals surface area contributed by atoms with E-state index in [-0.39, 0.29) is 31.8 Å². The lowest BCUT2D eigenvalue weighted by molar-refractivity contribution is -0.142. The Balaban J connectivity index is 5.09. The molecule has 0 bridgehead atoms. The molecule has 0 rings (SSSR count). The van der Waals surface area contributed by atoms with Gasteiger partial charge in [0, 0.05) is 6.54 Å². The highest BCUT2D eigenvalue weighted by Gasteiger charge is 2.27. The highest BCUT2D eigenvalue weighted by Crippen LogP contribution is 2.05. The fraction of sp³-hybridized carbons (Fsp3) is 0.667. The van der Waals surface area contributed by atoms with Crippen LogP contribution in [-0.4, -0.2) is 71.4 Å². The van der Waals surface area contributed by atoms with Crippen molar-refractivity contribution in [3.63, 3.8) is 0 Å². The Labute approximate surface area is 167 Å². The molecule has 13 heteroatoms. The first kappa shape index (κ1) is 25.5. The number of hydrogen-bond acceptors (Lipinski definition) is 7. The van der Waals surface area contributed by atoms with Gasteiger partial charge >= 0.3 is 5.97 Å². The summed E-state index contributed by atoms with van der Waals surface area (Å²) in [6, 6.07) is -3.40. The SMILES string of the molecule is CSCC[C@H](NC(=O)[C@H](CCCN=C(N)N)NC(=O)[C@@H](N)CC(N)=O)C(=O)O. The molecule has 0 fully saturated rings. The summed E-state index contributed by atoms with van der Waals surface area (Å²) in [6.45, 7) is 0.212. The summed E-state index contributed by atoms with van der Waals surface area (Å²) in [7, 11) is 0. The molecule has 0 aromatic heterocycles. The van der Waals surface area contributed by atoms with E-state index in [9.17, 15) is 24.3 Å². The third-order valence-corrected chi connectivity index (χ3v) is 4.21. The average Bonchev–Trinajstić information content (AvgIpc) is 2.59. The second-order valence-corrected chi connectivity index (χ2v) is 6.95. The van der Waals surface area contributed by atoms with Crippen LogP contribution in [0.25, 0.3) is 0 Å². The van der Waals surface area contributed by atoms with Crippen LogP contribution in [0.4, 0.5) is 0 Å². The number of guanidine groups is 1. The Hall–Kier alpha value is -2.54. The Kier molecular flexibility index (Phi) is 12.4. The van der Waals surface area contributed by atoms with Gasteiger partial charge < -0.3 is 38.7 Å². The molecule has 12 nitrogen and oxygen atoms in total. The van der Waals surface area contributed by atoms with Gasteiger partial charge in [-0.25, -0.2) is 4.79 Å². The van der Waals surface area contributed by atoms with Crippen molar-refractivity contribution < 1.29 is 24.3 Å². The number of aliphatic imine (C=N–C) groups is 1. The summed E-state index contributed by atoms with van der Waals surface area (Å²) in [4.78, 5) is 50.6. The van der Waals surface area contributed by atoms with E-state index in [1.807, 2.05) is 6.26 Å². The van der Waals surface area contributed by atoms with E-state index < -0.39 is 41.8 Å². The van der Waals surface area contributed by atoms with Gasteiger partial charge in [0.15, 0.2) is 5.96 Å². The Bertz CT molecular complexity index is 583. The predicted molar refractivity (Wildman–Crippen MR) is 106 cm³/mol. The fourth-order valence-electron chi connectivity index (χ4n) is 2.13. The number of hydrogen-bond donors (Lipinski definition) is 7. The normalized spacial score (nSPS) is 13.6. The van der Waals surface area contributed by atoms with E-state index in [0.29, 0.717) is 12.2 Å². The van der Waals surface area contributed by atoms with Crippen molar-refractivity contribution in [1.82, 2.24) is 10.6 Å². The number of nitrogens with one attached hydrogen (secondary N) is 2. The lowest BCUT2D eigenvalue weighted by atomic mass is 10.1. The first-order valence-corrected chi connectivity index (χ1v) is 9.89. The van der Waals surface area contributed by atoms with Gasteiger partial charge in [-0.15, -0.1) is 0 Å². The molecular weight excluding hydrogens is 390 g/mol. The van der Waals surface area contributed by atoms with Crippen LogP contribution in [0.3, 0.4) is 0 Å². The van der Waals surface area contributed by atoms with Crippen LogP contribution in [0, 0.1) is 0 Å². The number of thioether (sulfide) groups is 1. The second-order valence-electron chi connectivity index (χ2n) is 5.97. The van der Waals surface area contributed by atoms with E-state index in [2.05, 4.69) is 15.6 Å². The predicted octanol–water partition coefficient (Wildman–Crippen LogP) is -2.95. The van der Waals surface area contributed by atoms with E-state index in [1.54, 1.807) is 0 Å². The van der Waals surface area contributed by atoms with Gasteiger partial charge in [-0.3, -0.25) is 19.4 Å². The number of amides is 3. The molecule has 0 aliphatic rings. The van der Waals surface area contributed by atoms with Crippen molar-refractivity contribution in [2.45, 2.75) is 43.8 Å². The van der Waals surface area contributed by atoms with Crippen LogP contribution in [0.2, 0.25) is 0 Å². The number of rotatable bonds is 14. The molecule has 0 heterocycles. The summed E-state index contributed by atoms with van der Waals surface area (Å²) < 4.78 is 0. The second kappa shape index (κ2) is 13.6. The molecule has 11 N–H and O–H groups in total. The van der Waals surface area contributed by atoms with Crippen molar-refractivity contribution in [1.29, 1.82) is 0 Å². The quantitative estimate of drug-likeness (QED) is 0.0865. The average molecular weight is 420 g/mol. The fourth-order valence-corrected chi connectivity index (χ4v) is 2.60. The molecule has 0 saturated carbocycles. The first-order chi connectivity index (χ1) is 13.1. The van der Waals surface area contributed by atoms with Crippen molar-refractivity contribution in [3.05, 3.63) is 0 Å². The number of aliphatic carboxylic acids is 1. The van der Waals surface area contributed by atoms with Gasteiger partial charge in [0.25, 0.3) is 0 Å². The van der Waals surface area contributed by atoms with Gasteiger partial charge in [0.1, 0.15) is 12.1 Å². The zero-order chi connectivity index (χ0) is 21.7. The van der Waals surface area contributed by atoms with Crippen LogP contribution >= 0.6 is 11.8 Å². The first-order valence-electron chi connectivity index (χ1n) is 8.50. The minimum Gasteiger partial charge on any atom is -0.480 e. The van der Waals surface area contributed by atoms with E-state index in [0.717, 1.165) is 0 Å². The van der Waals surface area contributed by atoms with E-state index in [1.165, 1.54) is 11.8 Å². The zero-order valence-electron chi connectivity index (χ0n) is 15.7. The van der Waals surface area contributed by atoms with Crippen LogP contribution in [0.5, 0.6) is 0 Å². The summed E-state index contributed by atoms with van der Waals surface area (Å²) in [5.74, 6) is -2.97. The number of carbonyl (C=O) groups excluding carboxylic acids is 3. The Morgan fingerprint density at radius 2 is 1.64 bits per heavy atom. The highest BCUT2D eigenvalue weighted by atomic mass is 32.2.